The standard InChI is InChI=1S/C17H23F3N2O/c1-2-22-9-3-4-14(12-22)11-21-16(23)10-13-5-7-15(8-6-13)17(18,19)20/h5-8,14H,2-4,9-12H2,1H3,(H,21,23). The summed E-state index contributed by atoms with van der Waals surface area (Å²) in [5.41, 5.74) is -0.0992. The molecule has 0 saturated carbocycles. The zero-order chi connectivity index (χ0) is 16.9. The number of hydrogen-bond acceptors (Lipinski definition) is 2. The lowest BCUT2D eigenvalue weighted by molar-refractivity contribution is -0.137. The van der Waals surface area contributed by atoms with Crippen LogP contribution in [0.25, 0.3) is 0 Å². The normalized spacial score (nSPS) is 19.6. The van der Waals surface area contributed by atoms with Crippen LogP contribution in [0, 0.1) is 5.92 Å². The maximum absolute atomic E-state index is 12.5. The molecule has 0 aromatic heterocycles. The van der Waals surface area contributed by atoms with Crippen LogP contribution in [0.5, 0.6) is 0 Å². The summed E-state index contributed by atoms with van der Waals surface area (Å²) in [6.45, 7) is 5.90. The lowest BCUT2D eigenvalue weighted by Gasteiger charge is -2.31. The molecule has 1 fully saturated rings. The molecule has 1 aromatic rings. The molecule has 1 aromatic carbocycles. The Morgan fingerprint density at radius 1 is 1.30 bits per heavy atom. The van der Waals surface area contributed by atoms with Crippen LogP contribution in [0.2, 0.25) is 0 Å². The predicted octanol–water partition coefficient (Wildman–Crippen LogP) is 3.10. The molecule has 0 bridgehead atoms. The van der Waals surface area contributed by atoms with Gasteiger partial charge in [-0.1, -0.05) is 19.1 Å². The fourth-order valence-corrected chi connectivity index (χ4v) is 2.92. The molecule has 1 atom stereocenters. The van der Waals surface area contributed by atoms with Crippen molar-refractivity contribution >= 4 is 5.91 Å². The van der Waals surface area contributed by atoms with Gasteiger partial charge in [-0.3, -0.25) is 4.79 Å². The Bertz CT molecular complexity index is 514. The number of nitrogens with zero attached hydrogens (tertiary/aromatic N) is 1. The molecule has 6 heteroatoms. The minimum absolute atomic E-state index is 0.113. The summed E-state index contributed by atoms with van der Waals surface area (Å²) < 4.78 is 37.5. The molecule has 0 radical (unpaired) electrons. The first-order valence-electron chi connectivity index (χ1n) is 8.03. The van der Waals surface area contributed by atoms with Crippen molar-refractivity contribution in [2.45, 2.75) is 32.4 Å². The maximum Gasteiger partial charge on any atom is 0.416 e. The summed E-state index contributed by atoms with van der Waals surface area (Å²) in [6, 6.07) is 4.76. The Hall–Kier alpha value is -1.56. The second-order valence-electron chi connectivity index (χ2n) is 6.08. The summed E-state index contributed by atoms with van der Waals surface area (Å²) in [5, 5.41) is 2.90. The molecule has 1 aliphatic heterocycles. The first kappa shape index (κ1) is 17.8. The minimum Gasteiger partial charge on any atom is -0.355 e. The molecule has 1 heterocycles. The number of alkyl halides is 3. The highest BCUT2D eigenvalue weighted by Gasteiger charge is 2.30. The average Bonchev–Trinajstić information content (AvgIpc) is 2.53. The summed E-state index contributed by atoms with van der Waals surface area (Å²) in [4.78, 5) is 14.3. The molecule has 1 amide bonds. The molecule has 0 aliphatic carbocycles. The van der Waals surface area contributed by atoms with E-state index < -0.39 is 11.7 Å². The Kier molecular flexibility index (Phi) is 6.04. The van der Waals surface area contributed by atoms with E-state index >= 15 is 0 Å². The van der Waals surface area contributed by atoms with Crippen molar-refractivity contribution in [3.63, 3.8) is 0 Å². The minimum atomic E-state index is -4.34. The van der Waals surface area contributed by atoms with E-state index in [0.717, 1.165) is 44.6 Å². The number of benzene rings is 1. The van der Waals surface area contributed by atoms with Gasteiger partial charge in [0.15, 0.2) is 0 Å². The van der Waals surface area contributed by atoms with Gasteiger partial charge in [0.1, 0.15) is 0 Å². The molecule has 1 saturated heterocycles. The van der Waals surface area contributed by atoms with Gasteiger partial charge in [-0.25, -0.2) is 0 Å². The second kappa shape index (κ2) is 7.81. The van der Waals surface area contributed by atoms with Crippen LogP contribution in [-0.2, 0) is 17.4 Å². The van der Waals surface area contributed by atoms with E-state index in [2.05, 4.69) is 17.1 Å². The summed E-state index contributed by atoms with van der Waals surface area (Å²) >= 11 is 0. The Morgan fingerprint density at radius 3 is 2.61 bits per heavy atom. The molecule has 0 spiro atoms. The summed E-state index contributed by atoms with van der Waals surface area (Å²) in [6.07, 6.45) is -1.97. The largest absolute Gasteiger partial charge is 0.416 e. The lowest BCUT2D eigenvalue weighted by Crippen LogP contribution is -2.41. The van der Waals surface area contributed by atoms with E-state index in [4.69, 9.17) is 0 Å². The third kappa shape index (κ3) is 5.53. The van der Waals surface area contributed by atoms with Crippen molar-refractivity contribution in [1.82, 2.24) is 10.2 Å². The van der Waals surface area contributed by atoms with Gasteiger partial charge in [-0.15, -0.1) is 0 Å². The second-order valence-corrected chi connectivity index (χ2v) is 6.08. The number of halogens is 3. The first-order valence-corrected chi connectivity index (χ1v) is 8.03. The predicted molar refractivity (Wildman–Crippen MR) is 83.0 cm³/mol. The van der Waals surface area contributed by atoms with Crippen molar-refractivity contribution in [3.8, 4) is 0 Å². The SMILES string of the molecule is CCN1CCCC(CNC(=O)Cc2ccc(C(F)(F)F)cc2)C1. The van der Waals surface area contributed by atoms with E-state index in [1.165, 1.54) is 12.1 Å². The Balaban J connectivity index is 1.78. The van der Waals surface area contributed by atoms with Crippen LogP contribution in [0.4, 0.5) is 13.2 Å². The zero-order valence-corrected chi connectivity index (χ0v) is 13.3. The molecule has 1 aliphatic rings. The smallest absolute Gasteiger partial charge is 0.355 e. The van der Waals surface area contributed by atoms with Gasteiger partial charge < -0.3 is 10.2 Å². The fourth-order valence-electron chi connectivity index (χ4n) is 2.92. The number of rotatable bonds is 5. The fraction of sp³-hybridized carbons (Fsp3) is 0.588. The van der Waals surface area contributed by atoms with Gasteiger partial charge in [0, 0.05) is 13.1 Å². The third-order valence-corrected chi connectivity index (χ3v) is 4.28. The van der Waals surface area contributed by atoms with Gasteiger partial charge in [0.2, 0.25) is 5.91 Å². The molecular weight excluding hydrogens is 305 g/mol. The number of hydrogen-bond donors (Lipinski definition) is 1. The molecule has 128 valence electrons. The van der Waals surface area contributed by atoms with Crippen LogP contribution in [0.1, 0.15) is 30.9 Å². The van der Waals surface area contributed by atoms with E-state index in [1.54, 1.807) is 0 Å². The molecular formula is C17H23F3N2O. The highest BCUT2D eigenvalue weighted by molar-refractivity contribution is 5.78. The van der Waals surface area contributed by atoms with Gasteiger partial charge >= 0.3 is 6.18 Å². The maximum atomic E-state index is 12.5. The molecule has 3 nitrogen and oxygen atoms in total. The summed E-state index contributed by atoms with van der Waals surface area (Å²) in [5.74, 6) is 0.318. The first-order chi connectivity index (χ1) is 10.9. The van der Waals surface area contributed by atoms with Gasteiger partial charge in [-0.2, -0.15) is 13.2 Å². The number of carbonyl (C=O) groups excluding carboxylic acids is 1. The number of likely N-dealkylation sites (tertiary alicyclic amines) is 1. The quantitative estimate of drug-likeness (QED) is 0.901. The van der Waals surface area contributed by atoms with Crippen molar-refractivity contribution in [1.29, 1.82) is 0 Å². The van der Waals surface area contributed by atoms with Gasteiger partial charge in [0.25, 0.3) is 0 Å². The average molecular weight is 328 g/mol. The number of amides is 1. The van der Waals surface area contributed by atoms with E-state index in [9.17, 15) is 18.0 Å². The topological polar surface area (TPSA) is 32.3 Å². The Morgan fingerprint density at radius 2 is 2.00 bits per heavy atom. The monoisotopic (exact) mass is 328 g/mol. The number of piperidine rings is 1. The van der Waals surface area contributed by atoms with Crippen LogP contribution in [0.15, 0.2) is 24.3 Å². The Labute approximate surface area is 134 Å². The van der Waals surface area contributed by atoms with Gasteiger partial charge in [0.05, 0.1) is 12.0 Å². The van der Waals surface area contributed by atoms with Crippen molar-refractivity contribution < 1.29 is 18.0 Å². The van der Waals surface area contributed by atoms with Crippen LogP contribution in [0.3, 0.4) is 0 Å². The lowest BCUT2D eigenvalue weighted by atomic mass is 9.98. The van der Waals surface area contributed by atoms with Gasteiger partial charge in [-0.05, 0) is 49.5 Å². The molecule has 1 unspecified atom stereocenters. The van der Waals surface area contributed by atoms with E-state index in [1.807, 2.05) is 0 Å². The molecule has 23 heavy (non-hydrogen) atoms. The highest BCUT2D eigenvalue weighted by atomic mass is 19.4. The van der Waals surface area contributed by atoms with Crippen LogP contribution < -0.4 is 5.32 Å². The van der Waals surface area contributed by atoms with E-state index in [0.29, 0.717) is 18.0 Å². The molecule has 1 N–H and O–H groups in total. The van der Waals surface area contributed by atoms with Crippen molar-refractivity contribution in [3.05, 3.63) is 35.4 Å². The number of carbonyl (C=O) groups is 1. The third-order valence-electron chi connectivity index (χ3n) is 4.28. The van der Waals surface area contributed by atoms with E-state index in [-0.39, 0.29) is 12.3 Å². The molecule has 2 rings (SSSR count). The zero-order valence-electron chi connectivity index (χ0n) is 13.3. The van der Waals surface area contributed by atoms with Crippen molar-refractivity contribution in [2.75, 3.05) is 26.2 Å². The highest BCUT2D eigenvalue weighted by Crippen LogP contribution is 2.29. The van der Waals surface area contributed by atoms with Crippen LogP contribution >= 0.6 is 0 Å². The van der Waals surface area contributed by atoms with Crippen molar-refractivity contribution in [2.24, 2.45) is 5.92 Å². The van der Waals surface area contributed by atoms with Crippen LogP contribution in [-0.4, -0.2) is 37.0 Å². The summed E-state index contributed by atoms with van der Waals surface area (Å²) in [7, 11) is 0. The number of nitrogens with one attached hydrogen (secondary N) is 1.